The van der Waals surface area contributed by atoms with E-state index in [4.69, 9.17) is 0 Å². The molecule has 0 amide bonds. The number of aliphatic hydroxyl groups excluding tert-OH is 1. The van der Waals surface area contributed by atoms with E-state index in [0.717, 1.165) is 30.7 Å². The molecule has 1 saturated heterocycles. The molecule has 1 heterocycles. The Labute approximate surface area is 87.3 Å². The fourth-order valence-corrected chi connectivity index (χ4v) is 2.90. The van der Waals surface area contributed by atoms with E-state index >= 15 is 0 Å². The standard InChI is InChI=1S/C12H23NO/c1-9-7-13(8-10(9)2)11-3-5-12(14)6-4-11/h9-12,14H,3-8H2,1-2H3. The SMILES string of the molecule is CC1CN(C2CCC(O)CC2)CC1C. The van der Waals surface area contributed by atoms with Crippen molar-refractivity contribution in [3.63, 3.8) is 0 Å². The van der Waals surface area contributed by atoms with E-state index in [-0.39, 0.29) is 6.10 Å². The smallest absolute Gasteiger partial charge is 0.0541 e. The van der Waals surface area contributed by atoms with E-state index in [1.165, 1.54) is 25.9 Å². The van der Waals surface area contributed by atoms with Crippen LogP contribution >= 0.6 is 0 Å². The summed E-state index contributed by atoms with van der Waals surface area (Å²) < 4.78 is 0. The minimum atomic E-state index is -0.0105. The summed E-state index contributed by atoms with van der Waals surface area (Å²) in [6.07, 6.45) is 4.44. The fourth-order valence-electron chi connectivity index (χ4n) is 2.90. The molecule has 1 aliphatic heterocycles. The number of aliphatic hydroxyl groups is 1. The van der Waals surface area contributed by atoms with Crippen molar-refractivity contribution < 1.29 is 5.11 Å². The van der Waals surface area contributed by atoms with E-state index in [1.54, 1.807) is 0 Å². The summed E-state index contributed by atoms with van der Waals surface area (Å²) in [6, 6.07) is 0.769. The Morgan fingerprint density at radius 1 is 0.929 bits per heavy atom. The summed E-state index contributed by atoms with van der Waals surface area (Å²) in [5.41, 5.74) is 0. The van der Waals surface area contributed by atoms with Gasteiger partial charge in [-0.05, 0) is 37.5 Å². The fraction of sp³-hybridized carbons (Fsp3) is 1.00. The van der Waals surface area contributed by atoms with Crippen molar-refractivity contribution in [2.75, 3.05) is 13.1 Å². The molecule has 0 bridgehead atoms. The van der Waals surface area contributed by atoms with Gasteiger partial charge in [0.1, 0.15) is 0 Å². The molecule has 0 aromatic rings. The van der Waals surface area contributed by atoms with Gasteiger partial charge in [-0.1, -0.05) is 13.8 Å². The molecule has 2 fully saturated rings. The third-order valence-electron chi connectivity index (χ3n) is 4.20. The van der Waals surface area contributed by atoms with Crippen LogP contribution in [0.3, 0.4) is 0 Å². The Morgan fingerprint density at radius 2 is 1.43 bits per heavy atom. The lowest BCUT2D eigenvalue weighted by molar-refractivity contribution is 0.0817. The highest BCUT2D eigenvalue weighted by molar-refractivity contribution is 4.86. The van der Waals surface area contributed by atoms with Gasteiger partial charge >= 0.3 is 0 Å². The van der Waals surface area contributed by atoms with E-state index in [0.29, 0.717) is 0 Å². The number of rotatable bonds is 1. The molecule has 0 aromatic carbocycles. The van der Waals surface area contributed by atoms with Crippen LogP contribution in [0.2, 0.25) is 0 Å². The molecule has 2 aliphatic rings. The normalized spacial score (nSPS) is 45.6. The van der Waals surface area contributed by atoms with Gasteiger partial charge in [0, 0.05) is 19.1 Å². The molecular weight excluding hydrogens is 174 g/mol. The average Bonchev–Trinajstić information content (AvgIpc) is 2.48. The molecule has 0 aromatic heterocycles. The Kier molecular flexibility index (Phi) is 3.13. The van der Waals surface area contributed by atoms with Gasteiger partial charge in [-0.3, -0.25) is 4.90 Å². The number of hydrogen-bond acceptors (Lipinski definition) is 2. The molecule has 2 nitrogen and oxygen atoms in total. The molecule has 0 radical (unpaired) electrons. The van der Waals surface area contributed by atoms with E-state index < -0.39 is 0 Å². The summed E-state index contributed by atoms with van der Waals surface area (Å²) >= 11 is 0. The highest BCUT2D eigenvalue weighted by Gasteiger charge is 2.32. The quantitative estimate of drug-likeness (QED) is 0.694. The first-order valence-electron chi connectivity index (χ1n) is 6.09. The van der Waals surface area contributed by atoms with E-state index in [2.05, 4.69) is 18.7 Å². The predicted molar refractivity (Wildman–Crippen MR) is 58.2 cm³/mol. The number of nitrogens with zero attached hydrogens (tertiary/aromatic N) is 1. The zero-order valence-corrected chi connectivity index (χ0v) is 9.45. The predicted octanol–water partition coefficient (Wildman–Crippen LogP) is 1.88. The van der Waals surface area contributed by atoms with Crippen LogP contribution in [-0.2, 0) is 0 Å². The molecule has 2 unspecified atom stereocenters. The van der Waals surface area contributed by atoms with Crippen molar-refractivity contribution in [1.29, 1.82) is 0 Å². The first-order valence-corrected chi connectivity index (χ1v) is 6.09. The average molecular weight is 197 g/mol. The van der Waals surface area contributed by atoms with Crippen LogP contribution in [0.5, 0.6) is 0 Å². The molecule has 2 rings (SSSR count). The Hall–Kier alpha value is -0.0800. The van der Waals surface area contributed by atoms with Crippen molar-refractivity contribution in [1.82, 2.24) is 4.90 Å². The molecule has 82 valence electrons. The Morgan fingerprint density at radius 3 is 1.93 bits per heavy atom. The summed E-state index contributed by atoms with van der Waals surface area (Å²) in [6.45, 7) is 7.29. The first kappa shape index (κ1) is 10.4. The van der Waals surface area contributed by atoms with E-state index in [1.807, 2.05) is 0 Å². The van der Waals surface area contributed by atoms with Crippen LogP contribution in [0.25, 0.3) is 0 Å². The second-order valence-electron chi connectivity index (χ2n) is 5.37. The van der Waals surface area contributed by atoms with Gasteiger partial charge in [0.25, 0.3) is 0 Å². The van der Waals surface area contributed by atoms with Crippen LogP contribution < -0.4 is 0 Å². The molecule has 14 heavy (non-hydrogen) atoms. The molecule has 1 saturated carbocycles. The molecular formula is C12H23NO. The number of hydrogen-bond donors (Lipinski definition) is 1. The molecule has 1 aliphatic carbocycles. The topological polar surface area (TPSA) is 23.5 Å². The minimum Gasteiger partial charge on any atom is -0.393 e. The van der Waals surface area contributed by atoms with Crippen molar-refractivity contribution in [3.05, 3.63) is 0 Å². The van der Waals surface area contributed by atoms with Crippen molar-refractivity contribution >= 4 is 0 Å². The molecule has 0 spiro atoms. The second kappa shape index (κ2) is 4.19. The maximum absolute atomic E-state index is 9.46. The van der Waals surface area contributed by atoms with Crippen LogP contribution in [0.15, 0.2) is 0 Å². The number of likely N-dealkylation sites (tertiary alicyclic amines) is 1. The highest BCUT2D eigenvalue weighted by atomic mass is 16.3. The first-order chi connectivity index (χ1) is 6.66. The van der Waals surface area contributed by atoms with Gasteiger partial charge in [0.15, 0.2) is 0 Å². The van der Waals surface area contributed by atoms with Crippen LogP contribution in [0.4, 0.5) is 0 Å². The van der Waals surface area contributed by atoms with Crippen molar-refractivity contribution in [3.8, 4) is 0 Å². The second-order valence-corrected chi connectivity index (χ2v) is 5.37. The van der Waals surface area contributed by atoms with Gasteiger partial charge in [-0.2, -0.15) is 0 Å². The van der Waals surface area contributed by atoms with Crippen LogP contribution in [0, 0.1) is 11.8 Å². The summed E-state index contributed by atoms with van der Waals surface area (Å²) in [4.78, 5) is 2.65. The zero-order chi connectivity index (χ0) is 10.1. The maximum Gasteiger partial charge on any atom is 0.0541 e. The van der Waals surface area contributed by atoms with Crippen molar-refractivity contribution in [2.24, 2.45) is 11.8 Å². The monoisotopic (exact) mass is 197 g/mol. The van der Waals surface area contributed by atoms with Gasteiger partial charge in [0.05, 0.1) is 6.10 Å². The molecule has 2 heteroatoms. The maximum atomic E-state index is 9.46. The van der Waals surface area contributed by atoms with Gasteiger partial charge < -0.3 is 5.11 Å². The lowest BCUT2D eigenvalue weighted by atomic mass is 9.92. The lowest BCUT2D eigenvalue weighted by Gasteiger charge is -2.33. The van der Waals surface area contributed by atoms with Crippen LogP contribution in [0.1, 0.15) is 39.5 Å². The third-order valence-corrected chi connectivity index (χ3v) is 4.20. The summed E-state index contributed by atoms with van der Waals surface area (Å²) in [7, 11) is 0. The molecule has 1 N–H and O–H groups in total. The lowest BCUT2D eigenvalue weighted by Crippen LogP contribution is -2.37. The summed E-state index contributed by atoms with van der Waals surface area (Å²) in [5, 5.41) is 9.46. The summed E-state index contributed by atoms with van der Waals surface area (Å²) in [5.74, 6) is 1.73. The highest BCUT2D eigenvalue weighted by Crippen LogP contribution is 2.30. The van der Waals surface area contributed by atoms with Crippen molar-refractivity contribution in [2.45, 2.75) is 51.7 Å². The Bertz CT molecular complexity index is 177. The largest absolute Gasteiger partial charge is 0.393 e. The zero-order valence-electron chi connectivity index (χ0n) is 9.45. The third kappa shape index (κ3) is 2.12. The molecule has 2 atom stereocenters. The minimum absolute atomic E-state index is 0.0105. The van der Waals surface area contributed by atoms with E-state index in [9.17, 15) is 5.11 Å². The van der Waals surface area contributed by atoms with Gasteiger partial charge in [-0.15, -0.1) is 0 Å². The van der Waals surface area contributed by atoms with Gasteiger partial charge in [-0.25, -0.2) is 0 Å². The van der Waals surface area contributed by atoms with Gasteiger partial charge in [0.2, 0.25) is 0 Å². The van der Waals surface area contributed by atoms with Crippen LogP contribution in [-0.4, -0.2) is 35.2 Å². The Balaban J connectivity index is 1.85.